The van der Waals surface area contributed by atoms with Crippen LogP contribution >= 0.6 is 0 Å². The predicted molar refractivity (Wildman–Crippen MR) is 88.2 cm³/mol. The summed E-state index contributed by atoms with van der Waals surface area (Å²) in [4.78, 5) is 24.5. The molecule has 0 fully saturated rings. The van der Waals surface area contributed by atoms with Crippen LogP contribution in [0, 0.1) is 17.5 Å². The summed E-state index contributed by atoms with van der Waals surface area (Å²) < 4.78 is 51.8. The van der Waals surface area contributed by atoms with Gasteiger partial charge in [-0.25, -0.2) is 13.2 Å². The molecule has 2 aliphatic rings. The van der Waals surface area contributed by atoms with E-state index in [-0.39, 0.29) is 40.6 Å². The van der Waals surface area contributed by atoms with Gasteiger partial charge in [0.15, 0.2) is 23.2 Å². The van der Waals surface area contributed by atoms with Crippen LogP contribution < -0.4 is 9.47 Å². The molecule has 27 heavy (non-hydrogen) atoms. The third-order valence-electron chi connectivity index (χ3n) is 4.62. The van der Waals surface area contributed by atoms with E-state index < -0.39 is 29.3 Å². The van der Waals surface area contributed by atoms with E-state index in [0.717, 1.165) is 12.1 Å². The number of carbonyl (C=O) groups is 2. The Morgan fingerprint density at radius 3 is 2.33 bits per heavy atom. The Labute approximate surface area is 152 Å². The molecule has 2 heterocycles. The molecule has 2 aromatic carbocycles. The molecule has 0 N–H and O–H groups in total. The van der Waals surface area contributed by atoms with E-state index in [9.17, 15) is 22.8 Å². The molecule has 0 unspecified atom stereocenters. The fourth-order valence-corrected chi connectivity index (χ4v) is 3.38. The molecule has 0 radical (unpaired) electrons. The number of fused-ring (bicyclic) bond motifs is 3. The van der Waals surface area contributed by atoms with Gasteiger partial charge in [-0.3, -0.25) is 9.59 Å². The molecular weight excluding hydrogens is 361 g/mol. The Hall–Kier alpha value is -3.09. The molecule has 0 bridgehead atoms. The summed E-state index contributed by atoms with van der Waals surface area (Å²) in [6.45, 7) is 3.43. The number of rotatable bonds is 1. The summed E-state index contributed by atoms with van der Waals surface area (Å²) in [6.07, 6.45) is -0.227. The number of ketones is 1. The van der Waals surface area contributed by atoms with Gasteiger partial charge in [-0.15, -0.1) is 0 Å². The van der Waals surface area contributed by atoms with Crippen LogP contribution in [0.1, 0.15) is 47.7 Å². The lowest BCUT2D eigenvalue weighted by molar-refractivity contribution is -0.135. The zero-order valence-electron chi connectivity index (χ0n) is 14.4. The number of hydrogen-bond donors (Lipinski definition) is 0. The van der Waals surface area contributed by atoms with E-state index in [0.29, 0.717) is 11.1 Å². The molecule has 0 spiro atoms. The lowest BCUT2D eigenvalue weighted by atomic mass is 9.84. The first-order valence-electron chi connectivity index (χ1n) is 8.20. The van der Waals surface area contributed by atoms with E-state index in [1.54, 1.807) is 13.8 Å². The molecule has 138 valence electrons. The molecule has 0 saturated heterocycles. The van der Waals surface area contributed by atoms with Crippen LogP contribution in [0.4, 0.5) is 13.2 Å². The molecule has 2 aliphatic heterocycles. The molecule has 2 aromatic rings. The predicted octanol–water partition coefficient (Wildman–Crippen LogP) is 4.41. The van der Waals surface area contributed by atoms with Crippen molar-refractivity contribution in [3.05, 3.63) is 69.7 Å². The van der Waals surface area contributed by atoms with E-state index in [1.165, 1.54) is 12.1 Å². The van der Waals surface area contributed by atoms with Crippen LogP contribution in [0.15, 0.2) is 35.6 Å². The monoisotopic (exact) mass is 374 g/mol. The van der Waals surface area contributed by atoms with Crippen molar-refractivity contribution in [2.24, 2.45) is 0 Å². The number of Topliss-reactive ketones (excluding diaryl/α,β-unsaturated/α-hetero) is 1. The molecule has 1 atom stereocenters. The van der Waals surface area contributed by atoms with E-state index in [1.807, 2.05) is 0 Å². The molecule has 0 saturated carbocycles. The van der Waals surface area contributed by atoms with Gasteiger partial charge >= 0.3 is 5.97 Å². The Bertz CT molecular complexity index is 1030. The Balaban J connectivity index is 1.94. The topological polar surface area (TPSA) is 52.6 Å². The van der Waals surface area contributed by atoms with Crippen molar-refractivity contribution >= 4 is 11.8 Å². The number of esters is 1. The van der Waals surface area contributed by atoms with Crippen LogP contribution in [-0.4, -0.2) is 11.8 Å². The van der Waals surface area contributed by atoms with Crippen LogP contribution in [0.3, 0.4) is 0 Å². The van der Waals surface area contributed by atoms with E-state index >= 15 is 0 Å². The minimum absolute atomic E-state index is 0.0550. The first kappa shape index (κ1) is 17.3. The van der Waals surface area contributed by atoms with Crippen molar-refractivity contribution < 1.29 is 32.2 Å². The minimum atomic E-state index is -1.59. The van der Waals surface area contributed by atoms with Gasteiger partial charge in [-0.05, 0) is 49.2 Å². The summed E-state index contributed by atoms with van der Waals surface area (Å²) in [6, 6.07) is 4.60. The number of carbonyl (C=O) groups excluding carboxylic acids is 2. The Morgan fingerprint density at radius 2 is 1.70 bits per heavy atom. The molecule has 7 heteroatoms. The molecule has 0 amide bonds. The fourth-order valence-electron chi connectivity index (χ4n) is 3.38. The lowest BCUT2D eigenvalue weighted by Crippen LogP contribution is -2.22. The standard InChI is InChI=1S/C20H13F3O4/c1-8(2)19-18(25)10-3-4-14-16(20(10)27-19)11(7-15(24)26-14)9-5-12(21)17(23)13(22)6-9/h3-6,11H,7H2,1-2H3/t11-/m1/s1. The smallest absolute Gasteiger partial charge is 0.312 e. The average molecular weight is 374 g/mol. The maximum atomic E-state index is 13.7. The van der Waals surface area contributed by atoms with Gasteiger partial charge in [0.25, 0.3) is 0 Å². The van der Waals surface area contributed by atoms with Crippen molar-refractivity contribution in [1.82, 2.24) is 0 Å². The van der Waals surface area contributed by atoms with E-state index in [4.69, 9.17) is 9.47 Å². The second-order valence-electron chi connectivity index (χ2n) is 6.64. The maximum absolute atomic E-state index is 13.7. The third kappa shape index (κ3) is 2.61. The highest BCUT2D eigenvalue weighted by atomic mass is 19.2. The first-order chi connectivity index (χ1) is 12.8. The van der Waals surface area contributed by atoms with Crippen LogP contribution in [0.2, 0.25) is 0 Å². The first-order valence-corrected chi connectivity index (χ1v) is 8.20. The zero-order valence-corrected chi connectivity index (χ0v) is 14.4. The number of ether oxygens (including phenoxy) is 2. The molecule has 0 aliphatic carbocycles. The summed E-state index contributed by atoms with van der Waals surface area (Å²) >= 11 is 0. The van der Waals surface area contributed by atoms with Crippen LogP contribution in [0.25, 0.3) is 0 Å². The van der Waals surface area contributed by atoms with Crippen molar-refractivity contribution in [3.8, 4) is 11.5 Å². The Kier molecular flexibility index (Phi) is 3.83. The molecule has 4 nitrogen and oxygen atoms in total. The molecule has 4 rings (SSSR count). The number of benzene rings is 2. The number of hydrogen-bond acceptors (Lipinski definition) is 4. The van der Waals surface area contributed by atoms with Gasteiger partial charge in [0.1, 0.15) is 11.5 Å². The normalized spacial score (nSPS) is 18.0. The summed E-state index contributed by atoms with van der Waals surface area (Å²) in [7, 11) is 0. The van der Waals surface area contributed by atoms with Crippen molar-refractivity contribution in [1.29, 1.82) is 0 Å². The van der Waals surface area contributed by atoms with Gasteiger partial charge in [-0.2, -0.15) is 0 Å². The second kappa shape index (κ2) is 5.97. The third-order valence-corrected chi connectivity index (χ3v) is 4.62. The fraction of sp³-hybridized carbons (Fsp3) is 0.200. The van der Waals surface area contributed by atoms with Crippen molar-refractivity contribution in [3.63, 3.8) is 0 Å². The van der Waals surface area contributed by atoms with Gasteiger partial charge in [0.2, 0.25) is 5.78 Å². The number of halogens is 3. The summed E-state index contributed by atoms with van der Waals surface area (Å²) in [5.41, 5.74) is 1.32. The largest absolute Gasteiger partial charge is 0.452 e. The van der Waals surface area contributed by atoms with Crippen LogP contribution in [-0.2, 0) is 4.79 Å². The SMILES string of the molecule is CC(C)=C1Oc2c(ccc3c2[C@@H](c2cc(F)c(F)c(F)c2)CC(=O)O3)C1=O. The van der Waals surface area contributed by atoms with E-state index in [2.05, 4.69) is 0 Å². The Morgan fingerprint density at radius 1 is 1.04 bits per heavy atom. The lowest BCUT2D eigenvalue weighted by Gasteiger charge is -2.26. The van der Waals surface area contributed by atoms with Crippen molar-refractivity contribution in [2.75, 3.05) is 0 Å². The highest BCUT2D eigenvalue weighted by Crippen LogP contribution is 2.49. The highest BCUT2D eigenvalue weighted by Gasteiger charge is 2.39. The van der Waals surface area contributed by atoms with Gasteiger partial charge in [0, 0.05) is 11.5 Å². The number of allylic oxidation sites excluding steroid dienone is 2. The van der Waals surface area contributed by atoms with Crippen LogP contribution in [0.5, 0.6) is 11.5 Å². The summed E-state index contributed by atoms with van der Waals surface area (Å²) in [5.74, 6) is -5.59. The van der Waals surface area contributed by atoms with Crippen molar-refractivity contribution in [2.45, 2.75) is 26.2 Å². The quantitative estimate of drug-likeness (QED) is 0.321. The summed E-state index contributed by atoms with van der Waals surface area (Å²) in [5, 5.41) is 0. The molecular formula is C20H13F3O4. The average Bonchev–Trinajstić information content (AvgIpc) is 2.95. The minimum Gasteiger partial charge on any atom is -0.452 e. The van der Waals surface area contributed by atoms with Gasteiger partial charge < -0.3 is 9.47 Å². The highest BCUT2D eigenvalue weighted by molar-refractivity contribution is 6.13. The van der Waals surface area contributed by atoms with Gasteiger partial charge in [-0.1, -0.05) is 0 Å². The van der Waals surface area contributed by atoms with Gasteiger partial charge in [0.05, 0.1) is 12.0 Å². The molecule has 0 aromatic heterocycles. The maximum Gasteiger partial charge on any atom is 0.312 e. The zero-order chi connectivity index (χ0) is 19.5. The second-order valence-corrected chi connectivity index (χ2v) is 6.64.